The number of nitrogens with one attached hydrogen (secondary N) is 1. The summed E-state index contributed by atoms with van der Waals surface area (Å²) in [6, 6.07) is 2.04. The van der Waals surface area contributed by atoms with E-state index in [1.54, 1.807) is 38.4 Å². The topological polar surface area (TPSA) is 85.0 Å². The van der Waals surface area contributed by atoms with Gasteiger partial charge >= 0.3 is 6.18 Å². The summed E-state index contributed by atoms with van der Waals surface area (Å²) in [5.74, 6) is -1.11. The van der Waals surface area contributed by atoms with Crippen LogP contribution in [0, 0.1) is 27.7 Å². The maximum atomic E-state index is 13.1. The van der Waals surface area contributed by atoms with E-state index in [4.69, 9.17) is 0 Å². The van der Waals surface area contributed by atoms with Crippen molar-refractivity contribution < 1.29 is 22.8 Å². The summed E-state index contributed by atoms with van der Waals surface area (Å²) >= 11 is 0. The summed E-state index contributed by atoms with van der Waals surface area (Å²) in [6.07, 6.45) is -4.56. The third-order valence-corrected chi connectivity index (χ3v) is 4.92. The third kappa shape index (κ3) is 6.31. The van der Waals surface area contributed by atoms with Crippen molar-refractivity contribution >= 4 is 11.8 Å². The van der Waals surface area contributed by atoms with E-state index in [1.807, 2.05) is 13.0 Å². The zero-order chi connectivity index (χ0) is 23.5. The number of rotatable bonds is 8. The molecule has 0 bridgehead atoms. The molecular formula is C20H29F3N6O2. The summed E-state index contributed by atoms with van der Waals surface area (Å²) in [6.45, 7) is 8.45. The number of carbonyl (C=O) groups excluding carboxylic acids is 2. The van der Waals surface area contributed by atoms with Gasteiger partial charge in [0, 0.05) is 24.5 Å². The average molecular weight is 442 g/mol. The zero-order valence-corrected chi connectivity index (χ0v) is 18.6. The standard InChI is InChI=1S/C20H29F3N6O2/c1-12-9-14(3)28(25-12)16(5)18(30)24-7-8-27(11-20(21,22)23)19(31)17(6)29-15(4)10-13(2)26-29/h9-10,16-17H,7-8,11H2,1-6H3,(H,24,30)/t16-,17+/m0/s1. The molecule has 2 heterocycles. The summed E-state index contributed by atoms with van der Waals surface area (Å²) < 4.78 is 42.2. The molecule has 0 saturated carbocycles. The second-order valence-corrected chi connectivity index (χ2v) is 7.76. The fourth-order valence-electron chi connectivity index (χ4n) is 3.50. The van der Waals surface area contributed by atoms with Gasteiger partial charge in [-0.05, 0) is 53.7 Å². The Kier molecular flexibility index (Phi) is 7.50. The van der Waals surface area contributed by atoms with Gasteiger partial charge in [0.25, 0.3) is 0 Å². The molecule has 0 unspecified atom stereocenters. The highest BCUT2D eigenvalue weighted by atomic mass is 19.4. The van der Waals surface area contributed by atoms with Crippen LogP contribution in [0.4, 0.5) is 13.2 Å². The first kappa shape index (κ1) is 24.4. The van der Waals surface area contributed by atoms with Crippen LogP contribution in [0.5, 0.6) is 0 Å². The molecule has 0 aliphatic carbocycles. The van der Waals surface area contributed by atoms with Crippen LogP contribution in [0.25, 0.3) is 0 Å². The maximum absolute atomic E-state index is 13.1. The number of amides is 2. The second kappa shape index (κ2) is 9.52. The number of halogens is 3. The van der Waals surface area contributed by atoms with Gasteiger partial charge in [0.1, 0.15) is 18.6 Å². The van der Waals surface area contributed by atoms with Crippen LogP contribution in [0.1, 0.15) is 48.7 Å². The minimum atomic E-state index is -4.56. The fraction of sp³-hybridized carbons (Fsp3) is 0.600. The molecule has 0 spiro atoms. The molecule has 0 radical (unpaired) electrons. The average Bonchev–Trinajstić information content (AvgIpc) is 3.17. The maximum Gasteiger partial charge on any atom is 0.406 e. The van der Waals surface area contributed by atoms with Crippen LogP contribution < -0.4 is 5.32 Å². The predicted molar refractivity (Wildman–Crippen MR) is 108 cm³/mol. The lowest BCUT2D eigenvalue weighted by atomic mass is 10.2. The van der Waals surface area contributed by atoms with Gasteiger partial charge in [-0.1, -0.05) is 0 Å². The molecule has 2 aromatic heterocycles. The number of aromatic nitrogens is 4. The molecule has 31 heavy (non-hydrogen) atoms. The van der Waals surface area contributed by atoms with E-state index in [-0.39, 0.29) is 13.1 Å². The van der Waals surface area contributed by atoms with Gasteiger partial charge in [0.2, 0.25) is 11.8 Å². The van der Waals surface area contributed by atoms with Crippen LogP contribution in [0.3, 0.4) is 0 Å². The molecule has 2 rings (SSSR count). The molecule has 1 N–H and O–H groups in total. The molecule has 0 fully saturated rings. The molecule has 0 aliphatic heterocycles. The van der Waals surface area contributed by atoms with Gasteiger partial charge in [-0.15, -0.1) is 0 Å². The summed E-state index contributed by atoms with van der Waals surface area (Å²) in [7, 11) is 0. The van der Waals surface area contributed by atoms with Crippen LogP contribution in [-0.4, -0.2) is 62.1 Å². The molecule has 2 atom stereocenters. The highest BCUT2D eigenvalue weighted by Gasteiger charge is 2.35. The predicted octanol–water partition coefficient (Wildman–Crippen LogP) is 2.64. The molecule has 0 saturated heterocycles. The Morgan fingerprint density at radius 1 is 1.00 bits per heavy atom. The molecular weight excluding hydrogens is 413 g/mol. The Labute approximate surface area is 179 Å². The first-order valence-corrected chi connectivity index (χ1v) is 9.99. The van der Waals surface area contributed by atoms with Gasteiger partial charge in [-0.2, -0.15) is 23.4 Å². The van der Waals surface area contributed by atoms with Gasteiger partial charge < -0.3 is 10.2 Å². The quantitative estimate of drug-likeness (QED) is 0.681. The largest absolute Gasteiger partial charge is 0.406 e. The van der Waals surface area contributed by atoms with Crippen LogP contribution >= 0.6 is 0 Å². The Morgan fingerprint density at radius 3 is 1.90 bits per heavy atom. The number of hydrogen-bond acceptors (Lipinski definition) is 4. The third-order valence-electron chi connectivity index (χ3n) is 4.92. The van der Waals surface area contributed by atoms with Crippen LogP contribution in [0.2, 0.25) is 0 Å². The van der Waals surface area contributed by atoms with E-state index in [2.05, 4.69) is 15.5 Å². The fourth-order valence-corrected chi connectivity index (χ4v) is 3.50. The van der Waals surface area contributed by atoms with Crippen molar-refractivity contribution in [3.8, 4) is 0 Å². The normalized spacial score (nSPS) is 13.7. The lowest BCUT2D eigenvalue weighted by Crippen LogP contribution is -2.46. The van der Waals surface area contributed by atoms with E-state index in [9.17, 15) is 22.8 Å². The minimum Gasteiger partial charge on any atom is -0.352 e. The van der Waals surface area contributed by atoms with E-state index in [0.29, 0.717) is 16.3 Å². The lowest BCUT2D eigenvalue weighted by Gasteiger charge is -2.27. The Bertz CT molecular complexity index is 934. The molecule has 11 heteroatoms. The van der Waals surface area contributed by atoms with Crippen LogP contribution in [-0.2, 0) is 9.59 Å². The second-order valence-electron chi connectivity index (χ2n) is 7.76. The lowest BCUT2D eigenvalue weighted by molar-refractivity contribution is -0.163. The Hall–Kier alpha value is -2.85. The van der Waals surface area contributed by atoms with Crippen molar-refractivity contribution in [1.82, 2.24) is 29.8 Å². The first-order chi connectivity index (χ1) is 14.3. The van der Waals surface area contributed by atoms with Crippen molar-refractivity contribution in [3.05, 3.63) is 34.9 Å². The minimum absolute atomic E-state index is 0.117. The van der Waals surface area contributed by atoms with Crippen LogP contribution in [0.15, 0.2) is 12.1 Å². The SMILES string of the molecule is Cc1cc(C)n([C@H](C)C(=O)N(CCNC(=O)[C@H](C)n2nc(C)cc2C)CC(F)(F)F)n1. The van der Waals surface area contributed by atoms with Crippen molar-refractivity contribution in [3.63, 3.8) is 0 Å². The molecule has 0 aromatic carbocycles. The smallest absolute Gasteiger partial charge is 0.352 e. The number of carbonyl (C=O) groups is 2. The Balaban J connectivity index is 2.05. The summed E-state index contributed by atoms with van der Waals surface area (Å²) in [5, 5.41) is 11.0. The highest BCUT2D eigenvalue weighted by molar-refractivity contribution is 5.81. The Morgan fingerprint density at radius 2 is 1.48 bits per heavy atom. The van der Waals surface area contributed by atoms with E-state index < -0.39 is 36.6 Å². The molecule has 0 aliphatic rings. The number of alkyl halides is 3. The van der Waals surface area contributed by atoms with Gasteiger partial charge in [-0.3, -0.25) is 19.0 Å². The van der Waals surface area contributed by atoms with Crippen molar-refractivity contribution in [2.75, 3.05) is 19.6 Å². The van der Waals surface area contributed by atoms with Gasteiger partial charge in [0.05, 0.1) is 11.4 Å². The van der Waals surface area contributed by atoms with Gasteiger partial charge in [-0.25, -0.2) is 0 Å². The van der Waals surface area contributed by atoms with E-state index in [0.717, 1.165) is 11.4 Å². The number of nitrogens with zero attached hydrogens (tertiary/aromatic N) is 5. The summed E-state index contributed by atoms with van der Waals surface area (Å²) in [5.41, 5.74) is 2.91. The first-order valence-electron chi connectivity index (χ1n) is 9.99. The molecule has 2 aromatic rings. The zero-order valence-electron chi connectivity index (χ0n) is 18.6. The number of aryl methyl sites for hydroxylation is 4. The monoisotopic (exact) mass is 442 g/mol. The molecule has 2 amide bonds. The van der Waals surface area contributed by atoms with Crippen molar-refractivity contribution in [1.29, 1.82) is 0 Å². The van der Waals surface area contributed by atoms with Crippen molar-refractivity contribution in [2.24, 2.45) is 0 Å². The van der Waals surface area contributed by atoms with E-state index >= 15 is 0 Å². The highest BCUT2D eigenvalue weighted by Crippen LogP contribution is 2.20. The summed E-state index contributed by atoms with van der Waals surface area (Å²) in [4.78, 5) is 25.9. The van der Waals surface area contributed by atoms with E-state index in [1.165, 1.54) is 11.6 Å². The molecule has 8 nitrogen and oxygen atoms in total. The number of hydrogen-bond donors (Lipinski definition) is 1. The van der Waals surface area contributed by atoms with Gasteiger partial charge in [0.15, 0.2) is 0 Å². The van der Waals surface area contributed by atoms with Crippen molar-refractivity contribution in [2.45, 2.75) is 59.8 Å². The molecule has 172 valence electrons.